The summed E-state index contributed by atoms with van der Waals surface area (Å²) < 4.78 is 36.4. The van der Waals surface area contributed by atoms with E-state index in [2.05, 4.69) is 37.2 Å². The maximum Gasteiger partial charge on any atom is 0.264 e. The molecule has 11 heteroatoms. The number of carbonyl (C=O) groups excluding carboxylic acids is 2. The molecule has 0 aromatic heterocycles. The summed E-state index contributed by atoms with van der Waals surface area (Å²) >= 11 is 6.86. The quantitative estimate of drug-likeness (QED) is 0.145. The first kappa shape index (κ1) is 36.2. The molecule has 2 amide bonds. The van der Waals surface area contributed by atoms with Crippen LogP contribution in [0.25, 0.3) is 0 Å². The zero-order valence-electron chi connectivity index (χ0n) is 26.8. The zero-order valence-corrected chi connectivity index (χ0v) is 30.8. The summed E-state index contributed by atoms with van der Waals surface area (Å²) in [5.74, 6) is -0.360. The fourth-order valence-electron chi connectivity index (χ4n) is 4.96. The fourth-order valence-corrected chi connectivity index (χ4v) is 7.35. The van der Waals surface area contributed by atoms with Gasteiger partial charge in [0.2, 0.25) is 11.8 Å². The minimum absolute atomic E-state index is 0.0200. The lowest BCUT2D eigenvalue weighted by atomic mass is 10.0. The highest BCUT2D eigenvalue weighted by Gasteiger charge is 2.35. The summed E-state index contributed by atoms with van der Waals surface area (Å²) in [7, 11) is -2.76. The van der Waals surface area contributed by atoms with Crippen molar-refractivity contribution in [1.29, 1.82) is 0 Å². The predicted octanol–water partition coefficient (Wildman–Crippen LogP) is 7.28. The van der Waals surface area contributed by atoms with Crippen LogP contribution in [0.15, 0.2) is 111 Å². The Morgan fingerprint density at radius 3 is 2.15 bits per heavy atom. The van der Waals surface area contributed by atoms with Crippen LogP contribution in [0.5, 0.6) is 5.75 Å². The van der Waals surface area contributed by atoms with Crippen molar-refractivity contribution in [3.63, 3.8) is 0 Å². The number of nitrogens with zero attached hydrogens (tertiary/aromatic N) is 2. The second-order valence-corrected chi connectivity index (χ2v) is 14.9. The van der Waals surface area contributed by atoms with Gasteiger partial charge in [-0.3, -0.25) is 13.9 Å². The average Bonchev–Trinajstić information content (AvgIpc) is 3.06. The third kappa shape index (κ3) is 9.46. The molecule has 0 saturated heterocycles. The molecule has 1 N–H and O–H groups in total. The number of sulfonamides is 1. The number of benzene rings is 4. The van der Waals surface area contributed by atoms with E-state index in [0.29, 0.717) is 22.3 Å². The fraction of sp³-hybridized carbons (Fsp3) is 0.278. The molecule has 0 spiro atoms. The molecule has 0 aliphatic rings. The SMILES string of the molecule is CC[C@@H](C)NC(=O)[C@@H](Cc1ccccc1)N(Cc1ccc(Br)cc1)C(=O)CN(c1ccc(C)cc1)S(=O)(=O)c1ccc(OC)c(Br)c1. The van der Waals surface area contributed by atoms with Gasteiger partial charge >= 0.3 is 0 Å². The molecule has 2 atom stereocenters. The Bertz CT molecular complexity index is 1770. The maximum atomic E-state index is 14.6. The molecule has 8 nitrogen and oxygen atoms in total. The summed E-state index contributed by atoms with van der Waals surface area (Å²) in [5, 5.41) is 3.06. The van der Waals surface area contributed by atoms with E-state index in [9.17, 15) is 18.0 Å². The molecular weight excluding hydrogens is 746 g/mol. The van der Waals surface area contributed by atoms with Gasteiger partial charge in [-0.05, 0) is 89.8 Å². The largest absolute Gasteiger partial charge is 0.496 e. The lowest BCUT2D eigenvalue weighted by Crippen LogP contribution is -2.54. The Hall–Kier alpha value is -3.67. The van der Waals surface area contributed by atoms with E-state index in [1.165, 1.54) is 24.1 Å². The van der Waals surface area contributed by atoms with Gasteiger partial charge in [-0.2, -0.15) is 0 Å². The number of carbonyl (C=O) groups is 2. The van der Waals surface area contributed by atoms with Crippen LogP contribution < -0.4 is 14.4 Å². The monoisotopic (exact) mass is 783 g/mol. The van der Waals surface area contributed by atoms with Gasteiger partial charge in [-0.15, -0.1) is 0 Å². The lowest BCUT2D eigenvalue weighted by molar-refractivity contribution is -0.140. The Balaban J connectivity index is 1.81. The number of ether oxygens (including phenoxy) is 1. The van der Waals surface area contributed by atoms with Gasteiger partial charge in [0.15, 0.2) is 0 Å². The van der Waals surface area contributed by atoms with E-state index in [1.54, 1.807) is 30.3 Å². The minimum Gasteiger partial charge on any atom is -0.496 e. The van der Waals surface area contributed by atoms with Gasteiger partial charge in [0.25, 0.3) is 10.0 Å². The summed E-state index contributed by atoms with van der Waals surface area (Å²) in [6, 6.07) is 27.3. The Morgan fingerprint density at radius 2 is 1.55 bits per heavy atom. The van der Waals surface area contributed by atoms with Crippen LogP contribution in [0.4, 0.5) is 5.69 Å². The molecule has 0 heterocycles. The molecule has 0 aliphatic heterocycles. The highest BCUT2D eigenvalue weighted by molar-refractivity contribution is 9.10. The molecule has 0 saturated carbocycles. The van der Waals surface area contributed by atoms with Gasteiger partial charge in [-0.1, -0.05) is 83.0 Å². The topological polar surface area (TPSA) is 96.0 Å². The number of hydrogen-bond donors (Lipinski definition) is 1. The molecule has 4 aromatic carbocycles. The number of hydrogen-bond acceptors (Lipinski definition) is 5. The van der Waals surface area contributed by atoms with Gasteiger partial charge < -0.3 is 15.0 Å². The minimum atomic E-state index is -4.26. The molecular formula is C36H39Br2N3O5S. The van der Waals surface area contributed by atoms with Crippen molar-refractivity contribution in [3.05, 3.63) is 123 Å². The lowest BCUT2D eigenvalue weighted by Gasteiger charge is -2.34. The number of halogens is 2. The third-order valence-corrected chi connectivity index (χ3v) is 10.8. The van der Waals surface area contributed by atoms with Crippen molar-refractivity contribution in [2.45, 2.75) is 57.1 Å². The van der Waals surface area contributed by atoms with Crippen LogP contribution in [-0.2, 0) is 32.6 Å². The van der Waals surface area contributed by atoms with Crippen LogP contribution in [0.2, 0.25) is 0 Å². The first-order chi connectivity index (χ1) is 22.4. The summed E-state index contributed by atoms with van der Waals surface area (Å²) in [4.78, 5) is 30.0. The highest BCUT2D eigenvalue weighted by atomic mass is 79.9. The Labute approximate surface area is 294 Å². The van der Waals surface area contributed by atoms with E-state index < -0.39 is 28.5 Å². The van der Waals surface area contributed by atoms with E-state index in [0.717, 1.165) is 25.5 Å². The van der Waals surface area contributed by atoms with Crippen molar-refractivity contribution in [1.82, 2.24) is 10.2 Å². The van der Waals surface area contributed by atoms with E-state index >= 15 is 0 Å². The summed E-state index contributed by atoms with van der Waals surface area (Å²) in [5.41, 5.74) is 2.92. The second-order valence-electron chi connectivity index (χ2n) is 11.3. The molecule has 0 unspecified atom stereocenters. The number of nitrogens with one attached hydrogen (secondary N) is 1. The van der Waals surface area contributed by atoms with Crippen molar-refractivity contribution in [3.8, 4) is 5.75 Å². The van der Waals surface area contributed by atoms with Crippen LogP contribution >= 0.6 is 31.9 Å². The summed E-state index contributed by atoms with van der Waals surface area (Å²) in [6.07, 6.45) is 0.954. The normalized spacial score (nSPS) is 12.6. The van der Waals surface area contributed by atoms with Crippen molar-refractivity contribution in [2.24, 2.45) is 0 Å². The van der Waals surface area contributed by atoms with Crippen molar-refractivity contribution >= 4 is 59.4 Å². The number of aryl methyl sites for hydroxylation is 1. The highest BCUT2D eigenvalue weighted by Crippen LogP contribution is 2.31. The molecule has 4 aromatic rings. The number of rotatable bonds is 14. The van der Waals surface area contributed by atoms with Gasteiger partial charge in [0.1, 0.15) is 18.3 Å². The average molecular weight is 786 g/mol. The van der Waals surface area contributed by atoms with E-state index in [4.69, 9.17) is 4.74 Å². The Kier molecular flexibility index (Phi) is 12.6. The first-order valence-corrected chi connectivity index (χ1v) is 18.3. The van der Waals surface area contributed by atoms with E-state index in [-0.39, 0.29) is 29.8 Å². The van der Waals surface area contributed by atoms with Crippen molar-refractivity contribution in [2.75, 3.05) is 18.0 Å². The maximum absolute atomic E-state index is 14.6. The summed E-state index contributed by atoms with van der Waals surface area (Å²) in [6.45, 7) is 5.35. The smallest absolute Gasteiger partial charge is 0.264 e. The van der Waals surface area contributed by atoms with Crippen LogP contribution in [0, 0.1) is 6.92 Å². The first-order valence-electron chi connectivity index (χ1n) is 15.2. The molecule has 4 rings (SSSR count). The molecule has 0 aliphatic carbocycles. The van der Waals surface area contributed by atoms with Crippen LogP contribution in [0.3, 0.4) is 0 Å². The zero-order chi connectivity index (χ0) is 34.1. The second kappa shape index (κ2) is 16.4. The standard InChI is InChI=1S/C36H39Br2N3O5S/c1-5-26(3)39-36(43)33(21-27-9-7-6-8-10-27)40(23-28-13-15-29(37)16-14-28)35(42)24-41(30-17-11-25(2)12-18-30)47(44,45)31-19-20-34(46-4)32(38)22-31/h6-20,22,26,33H,5,21,23-24H2,1-4H3,(H,39,43)/t26-,33-/m1/s1. The van der Waals surface area contributed by atoms with Crippen LogP contribution in [-0.4, -0.2) is 50.9 Å². The Morgan fingerprint density at radius 1 is 0.894 bits per heavy atom. The molecule has 0 radical (unpaired) electrons. The molecule has 0 fully saturated rings. The van der Waals surface area contributed by atoms with E-state index in [1.807, 2.05) is 75.4 Å². The number of amides is 2. The van der Waals surface area contributed by atoms with Gasteiger partial charge in [0.05, 0.1) is 22.2 Å². The third-order valence-electron chi connectivity index (χ3n) is 7.85. The van der Waals surface area contributed by atoms with Gasteiger partial charge in [-0.25, -0.2) is 8.42 Å². The van der Waals surface area contributed by atoms with Gasteiger partial charge in [0, 0.05) is 23.5 Å². The van der Waals surface area contributed by atoms with Crippen LogP contribution in [0.1, 0.15) is 37.0 Å². The number of anilines is 1. The molecule has 248 valence electrons. The molecule has 47 heavy (non-hydrogen) atoms. The molecule has 0 bridgehead atoms. The predicted molar refractivity (Wildman–Crippen MR) is 193 cm³/mol. The van der Waals surface area contributed by atoms with Crippen molar-refractivity contribution < 1.29 is 22.7 Å². The number of methoxy groups -OCH3 is 1.